The Labute approximate surface area is 154 Å². The molecular formula is C14H23N3O10. The third kappa shape index (κ3) is 10.7. The van der Waals surface area contributed by atoms with Gasteiger partial charge in [-0.3, -0.25) is 29.1 Å². The van der Waals surface area contributed by atoms with Crippen molar-refractivity contribution in [3.63, 3.8) is 0 Å². The van der Waals surface area contributed by atoms with Crippen LogP contribution in [0.2, 0.25) is 0 Å². The van der Waals surface area contributed by atoms with Gasteiger partial charge in [0.25, 0.3) is 0 Å². The number of hydrogen-bond donors (Lipinski definition) is 5. The topological polar surface area (TPSA) is 181 Å². The van der Waals surface area contributed by atoms with Gasteiger partial charge in [0, 0.05) is 26.2 Å². The number of aliphatic carboxylic acids is 3. The highest BCUT2D eigenvalue weighted by atomic mass is 17.1. The first-order chi connectivity index (χ1) is 12.6. The second-order valence-electron chi connectivity index (χ2n) is 5.29. The molecule has 0 bridgehead atoms. The fraction of sp³-hybridized carbons (Fsp3) is 0.500. The minimum Gasteiger partial charge on any atom is -0.480 e. The van der Waals surface area contributed by atoms with Crippen LogP contribution in [0.25, 0.3) is 0 Å². The zero-order chi connectivity index (χ0) is 21.0. The van der Waals surface area contributed by atoms with Gasteiger partial charge in [0.05, 0.1) is 19.6 Å². The maximum absolute atomic E-state index is 11.0. The van der Waals surface area contributed by atoms with Crippen LogP contribution in [0.15, 0.2) is 24.9 Å². The van der Waals surface area contributed by atoms with E-state index >= 15 is 0 Å². The minimum absolute atomic E-state index is 0.0189. The number of nitrogens with zero attached hydrogens (tertiary/aromatic N) is 3. The average Bonchev–Trinajstić information content (AvgIpc) is 2.57. The van der Waals surface area contributed by atoms with Crippen molar-refractivity contribution < 1.29 is 50.0 Å². The molecule has 0 aliphatic heterocycles. The molecule has 0 unspecified atom stereocenters. The summed E-state index contributed by atoms with van der Waals surface area (Å²) in [6, 6.07) is 0. The van der Waals surface area contributed by atoms with Crippen LogP contribution in [-0.4, -0.2) is 104 Å². The Balaban J connectivity index is 4.96. The highest BCUT2D eigenvalue weighted by molar-refractivity contribution is 5.72. The van der Waals surface area contributed by atoms with Crippen molar-refractivity contribution in [3.8, 4) is 0 Å². The van der Waals surface area contributed by atoms with Gasteiger partial charge in [-0.25, -0.2) is 10.5 Å². The molecule has 154 valence electrons. The molecule has 0 aliphatic carbocycles. The molecule has 0 rings (SSSR count). The van der Waals surface area contributed by atoms with E-state index in [0.29, 0.717) is 0 Å². The third-order valence-electron chi connectivity index (χ3n) is 3.26. The van der Waals surface area contributed by atoms with E-state index in [4.69, 9.17) is 25.8 Å². The lowest BCUT2D eigenvalue weighted by atomic mass is 10.3. The van der Waals surface area contributed by atoms with Crippen molar-refractivity contribution in [2.24, 2.45) is 0 Å². The molecule has 0 atom stereocenters. The molecule has 0 amide bonds. The summed E-state index contributed by atoms with van der Waals surface area (Å²) in [6.45, 7) is 5.17. The third-order valence-corrected chi connectivity index (χ3v) is 3.26. The van der Waals surface area contributed by atoms with Crippen LogP contribution in [0.5, 0.6) is 0 Å². The van der Waals surface area contributed by atoms with E-state index in [-0.39, 0.29) is 37.9 Å². The molecule has 0 spiro atoms. The van der Waals surface area contributed by atoms with Crippen molar-refractivity contribution in [2.45, 2.75) is 0 Å². The van der Waals surface area contributed by atoms with Gasteiger partial charge in [-0.1, -0.05) is 0 Å². The standard InChI is InChI=1S/C14H23N3O10/c1-10(26-24)17(11(2)27-25)6-5-15(7-12(18)19)3-4-16(8-13(20)21)9-14(22)23/h24-25H,1-9H2,(H,18,19)(H,20,21)(H,22,23). The Bertz CT molecular complexity index is 521. The van der Waals surface area contributed by atoms with Gasteiger partial charge in [-0.05, 0) is 13.2 Å². The molecule has 27 heavy (non-hydrogen) atoms. The van der Waals surface area contributed by atoms with Gasteiger partial charge >= 0.3 is 17.9 Å². The quantitative estimate of drug-likeness (QED) is 0.123. The fourth-order valence-electron chi connectivity index (χ4n) is 2.07. The molecule has 0 radical (unpaired) electrons. The molecule has 0 heterocycles. The first-order valence-electron chi connectivity index (χ1n) is 7.49. The average molecular weight is 393 g/mol. The van der Waals surface area contributed by atoms with Gasteiger partial charge in [0.15, 0.2) is 0 Å². The van der Waals surface area contributed by atoms with E-state index in [1.807, 2.05) is 0 Å². The van der Waals surface area contributed by atoms with E-state index in [0.717, 1.165) is 9.80 Å². The maximum Gasteiger partial charge on any atom is 0.317 e. The Morgan fingerprint density at radius 2 is 1.00 bits per heavy atom. The molecule has 0 aromatic carbocycles. The first-order valence-corrected chi connectivity index (χ1v) is 7.49. The number of hydrogen-bond acceptors (Lipinski definition) is 10. The summed E-state index contributed by atoms with van der Waals surface area (Å²) in [5.41, 5.74) is 0. The maximum atomic E-state index is 11.0. The predicted molar refractivity (Wildman–Crippen MR) is 88.2 cm³/mol. The van der Waals surface area contributed by atoms with Crippen LogP contribution in [0, 0.1) is 0 Å². The van der Waals surface area contributed by atoms with Crippen LogP contribution in [0.3, 0.4) is 0 Å². The van der Waals surface area contributed by atoms with E-state index in [9.17, 15) is 14.4 Å². The number of carboxylic acid groups (broad SMARTS) is 3. The molecule has 0 fully saturated rings. The summed E-state index contributed by atoms with van der Waals surface area (Å²) in [4.78, 5) is 44.0. The zero-order valence-corrected chi connectivity index (χ0v) is 14.5. The van der Waals surface area contributed by atoms with Crippen molar-refractivity contribution >= 4 is 17.9 Å². The Kier molecular flexibility index (Phi) is 11.2. The van der Waals surface area contributed by atoms with E-state index in [1.54, 1.807) is 0 Å². The van der Waals surface area contributed by atoms with E-state index < -0.39 is 37.5 Å². The lowest BCUT2D eigenvalue weighted by Crippen LogP contribution is -2.44. The Morgan fingerprint density at radius 3 is 1.37 bits per heavy atom. The normalized spacial score (nSPS) is 10.5. The summed E-state index contributed by atoms with van der Waals surface area (Å²) in [5.74, 6) is -4.30. The summed E-state index contributed by atoms with van der Waals surface area (Å²) in [7, 11) is 0. The molecule has 13 heteroatoms. The lowest BCUT2D eigenvalue weighted by molar-refractivity contribution is -0.251. The number of rotatable bonds is 16. The van der Waals surface area contributed by atoms with Gasteiger partial charge in [0.1, 0.15) is 0 Å². The highest BCUT2D eigenvalue weighted by Gasteiger charge is 2.20. The SMILES string of the molecule is C=C(OO)N(CCN(CCN(CC(=O)O)CC(=O)O)CC(=O)O)C(=C)OO. The van der Waals surface area contributed by atoms with Crippen molar-refractivity contribution in [1.82, 2.24) is 14.7 Å². The molecular weight excluding hydrogens is 370 g/mol. The van der Waals surface area contributed by atoms with Crippen molar-refractivity contribution in [2.75, 3.05) is 45.8 Å². The van der Waals surface area contributed by atoms with E-state index in [2.05, 4.69) is 22.9 Å². The Hall–Kier alpha value is -2.87. The van der Waals surface area contributed by atoms with Crippen molar-refractivity contribution in [1.29, 1.82) is 0 Å². The van der Waals surface area contributed by atoms with Crippen LogP contribution in [-0.2, 0) is 24.2 Å². The molecule has 0 saturated heterocycles. The van der Waals surface area contributed by atoms with Crippen LogP contribution in [0.1, 0.15) is 0 Å². The smallest absolute Gasteiger partial charge is 0.317 e. The first kappa shape index (κ1) is 24.1. The number of carbonyl (C=O) groups is 3. The summed E-state index contributed by atoms with van der Waals surface area (Å²) < 4.78 is 0. The Morgan fingerprint density at radius 1 is 0.667 bits per heavy atom. The predicted octanol–water partition coefficient (Wildman–Crippen LogP) is -0.932. The lowest BCUT2D eigenvalue weighted by Gasteiger charge is -2.28. The monoisotopic (exact) mass is 393 g/mol. The minimum atomic E-state index is -1.22. The van der Waals surface area contributed by atoms with Gasteiger partial charge in [0.2, 0.25) is 11.8 Å². The second kappa shape index (κ2) is 12.5. The highest BCUT2D eigenvalue weighted by Crippen LogP contribution is 2.11. The summed E-state index contributed by atoms with van der Waals surface area (Å²) >= 11 is 0. The molecule has 13 nitrogen and oxygen atoms in total. The molecule has 0 aromatic heterocycles. The largest absolute Gasteiger partial charge is 0.480 e. The molecule has 0 aliphatic rings. The van der Waals surface area contributed by atoms with Gasteiger partial charge < -0.3 is 25.1 Å². The van der Waals surface area contributed by atoms with E-state index in [1.165, 1.54) is 4.90 Å². The zero-order valence-electron chi connectivity index (χ0n) is 14.5. The second-order valence-corrected chi connectivity index (χ2v) is 5.29. The summed E-state index contributed by atoms with van der Waals surface area (Å²) in [5, 5.41) is 43.9. The van der Waals surface area contributed by atoms with Crippen LogP contribution < -0.4 is 0 Å². The number of carboxylic acids is 3. The molecule has 0 saturated carbocycles. The van der Waals surface area contributed by atoms with Gasteiger partial charge in [-0.15, -0.1) is 0 Å². The fourth-order valence-corrected chi connectivity index (χ4v) is 2.07. The summed E-state index contributed by atoms with van der Waals surface area (Å²) in [6.07, 6.45) is 0. The molecule has 0 aromatic rings. The van der Waals surface area contributed by atoms with Crippen LogP contribution in [0.4, 0.5) is 0 Å². The van der Waals surface area contributed by atoms with Gasteiger partial charge in [-0.2, -0.15) is 0 Å². The molecule has 5 N–H and O–H groups in total. The van der Waals surface area contributed by atoms with Crippen molar-refractivity contribution in [3.05, 3.63) is 24.9 Å². The van der Waals surface area contributed by atoms with Crippen LogP contribution >= 0.6 is 0 Å².